The summed E-state index contributed by atoms with van der Waals surface area (Å²) in [6, 6.07) is 25.9. The third-order valence-corrected chi connectivity index (χ3v) is 9.59. The molecule has 1 aliphatic rings. The van der Waals surface area contributed by atoms with Crippen molar-refractivity contribution in [1.82, 2.24) is 19.6 Å². The van der Waals surface area contributed by atoms with E-state index in [2.05, 4.69) is 87.5 Å². The van der Waals surface area contributed by atoms with Gasteiger partial charge in [-0.25, -0.2) is 0 Å². The Morgan fingerprint density at radius 2 is 1.71 bits per heavy atom. The van der Waals surface area contributed by atoms with Crippen LogP contribution in [0.4, 0.5) is 0 Å². The topological polar surface area (TPSA) is 46.0 Å². The van der Waals surface area contributed by atoms with Crippen LogP contribution in [0, 0.1) is 0 Å². The molecule has 2 aromatic carbocycles. The Labute approximate surface area is 188 Å². The third kappa shape index (κ3) is 3.41. The molecule has 5 aromatic rings. The molecular weight excluding hydrogens is 443 g/mol. The van der Waals surface area contributed by atoms with E-state index in [0.29, 0.717) is 0 Å². The Balaban J connectivity index is 1.52. The molecule has 5 heteroatoms. The number of aromatic nitrogens is 4. The normalized spacial score (nSPS) is 14.5. The molecule has 0 spiro atoms. The number of hydrogen-bond acceptors (Lipinski definition) is 2. The summed E-state index contributed by atoms with van der Waals surface area (Å²) >= 11 is -0.0173. The van der Waals surface area contributed by atoms with Gasteiger partial charge in [0.25, 0.3) is 0 Å². The van der Waals surface area contributed by atoms with Crippen LogP contribution in [-0.4, -0.2) is 35.3 Å². The van der Waals surface area contributed by atoms with Crippen molar-refractivity contribution in [2.75, 3.05) is 0 Å². The summed E-state index contributed by atoms with van der Waals surface area (Å²) in [5, 5.41) is 7.23. The van der Waals surface area contributed by atoms with Gasteiger partial charge in [-0.15, -0.1) is 0 Å². The number of hydrogen-bond donors (Lipinski definition) is 1. The first-order valence-electron chi connectivity index (χ1n) is 10.8. The van der Waals surface area contributed by atoms with Gasteiger partial charge in [0.2, 0.25) is 0 Å². The average Bonchev–Trinajstić information content (AvgIpc) is 3.45. The van der Waals surface area contributed by atoms with Crippen LogP contribution in [0.2, 0.25) is 4.71 Å². The molecular formula is C26H23AsN4. The van der Waals surface area contributed by atoms with Crippen molar-refractivity contribution in [2.24, 2.45) is 0 Å². The molecule has 0 aliphatic heterocycles. The number of imidazole rings is 1. The van der Waals surface area contributed by atoms with Gasteiger partial charge >= 0.3 is 188 Å². The molecule has 3 heterocycles. The van der Waals surface area contributed by atoms with Gasteiger partial charge in [-0.05, 0) is 0 Å². The van der Waals surface area contributed by atoms with Crippen LogP contribution < -0.4 is 4.35 Å². The molecule has 1 aliphatic carbocycles. The first-order chi connectivity index (χ1) is 15.4. The zero-order valence-electron chi connectivity index (χ0n) is 17.1. The van der Waals surface area contributed by atoms with Gasteiger partial charge in [0.1, 0.15) is 0 Å². The molecule has 152 valence electrons. The first-order valence-corrected chi connectivity index (χ1v) is 13.1. The fourth-order valence-corrected chi connectivity index (χ4v) is 7.47. The summed E-state index contributed by atoms with van der Waals surface area (Å²) in [5.41, 5.74) is 7.45. The van der Waals surface area contributed by atoms with Gasteiger partial charge in [-0.1, -0.05) is 0 Å². The Morgan fingerprint density at radius 3 is 2.42 bits per heavy atom. The molecule has 6 rings (SSSR count). The molecule has 1 unspecified atom stereocenters. The Bertz CT molecular complexity index is 1320. The summed E-state index contributed by atoms with van der Waals surface area (Å²) in [6.07, 6.45) is 8.17. The quantitative estimate of drug-likeness (QED) is 0.367. The Morgan fingerprint density at radius 1 is 0.871 bits per heavy atom. The van der Waals surface area contributed by atoms with Crippen molar-refractivity contribution in [3.8, 4) is 33.8 Å². The van der Waals surface area contributed by atoms with Crippen LogP contribution in [0.15, 0.2) is 85.2 Å². The van der Waals surface area contributed by atoms with Crippen molar-refractivity contribution in [3.63, 3.8) is 0 Å². The molecule has 3 aromatic heterocycles. The van der Waals surface area contributed by atoms with Crippen LogP contribution in [0.3, 0.4) is 0 Å². The molecule has 0 bridgehead atoms. The fourth-order valence-electron chi connectivity index (χ4n) is 4.27. The fraction of sp³-hybridized carbons (Fsp3) is 0.154. The van der Waals surface area contributed by atoms with Crippen LogP contribution in [0.25, 0.3) is 39.4 Å². The van der Waals surface area contributed by atoms with Crippen LogP contribution >= 0.6 is 0 Å². The molecule has 1 atom stereocenters. The molecule has 1 fully saturated rings. The number of rotatable bonds is 5. The van der Waals surface area contributed by atoms with E-state index in [0.717, 1.165) is 33.0 Å². The summed E-state index contributed by atoms with van der Waals surface area (Å²) in [5.74, 6) is 0. The molecule has 0 saturated heterocycles. The minimum absolute atomic E-state index is 0.0173. The predicted octanol–water partition coefficient (Wildman–Crippen LogP) is 5.09. The standard InChI is InChI=1S/C26H23AsN4/c1-2-6-19(7-3-1)25-24(18-11-13-21(14-12-18)27-20-8-4-9-20)29-26-22(10-5-17-31(25)26)23-15-16-28-30-23/h1-3,5-7,10-17,20,27H,4,8-9H2,(H,28,30). The SMILES string of the molecule is c1ccc(-c2c(-c3ccc([AsH]C4CCC4)cc3)nc3c(-c4ccn[nH]4)cccn23)cc1. The number of H-pyrrole nitrogens is 1. The first kappa shape index (κ1) is 18.7. The summed E-state index contributed by atoms with van der Waals surface area (Å²) < 4.78 is 4.76. The zero-order chi connectivity index (χ0) is 20.6. The summed E-state index contributed by atoms with van der Waals surface area (Å²) in [4.78, 5) is 5.16. The van der Waals surface area contributed by atoms with Crippen molar-refractivity contribution < 1.29 is 0 Å². The van der Waals surface area contributed by atoms with Gasteiger partial charge in [-0.2, -0.15) is 0 Å². The van der Waals surface area contributed by atoms with E-state index in [-0.39, 0.29) is 15.8 Å². The Kier molecular flexibility index (Phi) is 4.73. The number of fused-ring (bicyclic) bond motifs is 1. The van der Waals surface area contributed by atoms with Gasteiger partial charge in [0, 0.05) is 0 Å². The summed E-state index contributed by atoms with van der Waals surface area (Å²) in [7, 11) is 0. The number of benzene rings is 2. The second-order valence-electron chi connectivity index (χ2n) is 8.11. The minimum atomic E-state index is -0.0173. The average molecular weight is 466 g/mol. The molecule has 31 heavy (non-hydrogen) atoms. The number of nitrogens with one attached hydrogen (secondary N) is 1. The molecule has 1 N–H and O–H groups in total. The van der Waals surface area contributed by atoms with Crippen molar-refractivity contribution in [2.45, 2.75) is 24.0 Å². The van der Waals surface area contributed by atoms with Crippen LogP contribution in [-0.2, 0) is 0 Å². The van der Waals surface area contributed by atoms with Gasteiger partial charge in [0.15, 0.2) is 0 Å². The molecule has 0 radical (unpaired) electrons. The maximum atomic E-state index is 5.16. The predicted molar refractivity (Wildman–Crippen MR) is 128 cm³/mol. The number of pyridine rings is 1. The van der Waals surface area contributed by atoms with E-state index in [1.54, 1.807) is 10.5 Å². The summed E-state index contributed by atoms with van der Waals surface area (Å²) in [6.45, 7) is 0. The molecule has 0 amide bonds. The van der Waals surface area contributed by atoms with Gasteiger partial charge in [-0.3, -0.25) is 0 Å². The van der Waals surface area contributed by atoms with Crippen molar-refractivity contribution in [3.05, 3.63) is 85.2 Å². The Hall–Kier alpha value is -3.10. The van der Waals surface area contributed by atoms with Crippen molar-refractivity contribution in [1.29, 1.82) is 0 Å². The van der Waals surface area contributed by atoms with E-state index in [9.17, 15) is 0 Å². The second kappa shape index (κ2) is 7.86. The van der Waals surface area contributed by atoms with Gasteiger partial charge in [0.05, 0.1) is 0 Å². The number of aromatic amines is 1. The van der Waals surface area contributed by atoms with Crippen LogP contribution in [0.5, 0.6) is 0 Å². The van der Waals surface area contributed by atoms with E-state index in [1.807, 2.05) is 6.07 Å². The van der Waals surface area contributed by atoms with E-state index < -0.39 is 0 Å². The molecule has 4 nitrogen and oxygen atoms in total. The second-order valence-corrected chi connectivity index (χ2v) is 11.6. The van der Waals surface area contributed by atoms with E-state index in [4.69, 9.17) is 4.98 Å². The molecule has 1 saturated carbocycles. The van der Waals surface area contributed by atoms with Crippen molar-refractivity contribution >= 4 is 25.8 Å². The monoisotopic (exact) mass is 466 g/mol. The van der Waals surface area contributed by atoms with E-state index in [1.165, 1.54) is 30.4 Å². The van der Waals surface area contributed by atoms with E-state index >= 15 is 0 Å². The van der Waals surface area contributed by atoms with Crippen LogP contribution in [0.1, 0.15) is 19.3 Å². The third-order valence-electron chi connectivity index (χ3n) is 6.12. The van der Waals surface area contributed by atoms with Gasteiger partial charge < -0.3 is 0 Å². The maximum absolute atomic E-state index is 5.16. The number of nitrogens with zero attached hydrogens (tertiary/aromatic N) is 3. The zero-order valence-corrected chi connectivity index (χ0v) is 19.2.